The first-order chi connectivity index (χ1) is 26.1. The minimum absolute atomic E-state index is 0.0373. The summed E-state index contributed by atoms with van der Waals surface area (Å²) in [5.74, 6) is 29.0. The lowest BCUT2D eigenvalue weighted by atomic mass is 9.42. The summed E-state index contributed by atoms with van der Waals surface area (Å²) < 4.78 is 5.40. The van der Waals surface area contributed by atoms with E-state index in [1.807, 2.05) is 0 Å². The van der Waals surface area contributed by atoms with Crippen molar-refractivity contribution < 1.29 is 9.53 Å². The average molecular weight is 703 g/mol. The number of esters is 1. The van der Waals surface area contributed by atoms with Crippen LogP contribution in [0.4, 0.5) is 0 Å². The number of hydrogen-bond acceptors (Lipinski definition) is 2. The van der Waals surface area contributed by atoms with Crippen molar-refractivity contribution in [1.29, 1.82) is 0 Å². The molecule has 1 aromatic rings. The Morgan fingerprint density at radius 3 is 1.79 bits per heavy atom. The number of methoxy groups -OCH3 is 1. The van der Waals surface area contributed by atoms with E-state index in [0.717, 1.165) is 166 Å². The van der Waals surface area contributed by atoms with E-state index in [1.54, 1.807) is 57.6 Å². The maximum Gasteiger partial charge on any atom is 0.305 e. The zero-order chi connectivity index (χ0) is 33.5. The van der Waals surface area contributed by atoms with E-state index in [4.69, 9.17) is 4.74 Å². The molecule has 0 radical (unpaired) electrons. The van der Waals surface area contributed by atoms with Crippen LogP contribution in [-0.4, -0.2) is 13.1 Å². The van der Waals surface area contributed by atoms with Crippen LogP contribution in [0.15, 0.2) is 42.0 Å². The van der Waals surface area contributed by atoms with E-state index in [2.05, 4.69) is 42.0 Å². The highest BCUT2D eigenvalue weighted by Gasteiger charge is 3.04. The predicted molar refractivity (Wildman–Crippen MR) is 198 cm³/mol. The summed E-state index contributed by atoms with van der Waals surface area (Å²) in [7, 11) is 1.63. The fraction of sp³-hybridized carbons (Fsp3) is 0.824. The maximum absolute atomic E-state index is 13.0. The summed E-state index contributed by atoms with van der Waals surface area (Å²) in [4.78, 5) is 13.0. The number of hydrogen-bond donors (Lipinski definition) is 0. The smallest absolute Gasteiger partial charge is 0.305 e. The molecule has 17 aliphatic rings. The van der Waals surface area contributed by atoms with Crippen LogP contribution in [0, 0.1) is 171 Å². The molecule has 2 heteroatoms. The third-order valence-corrected chi connectivity index (χ3v) is 25.9. The minimum Gasteiger partial charge on any atom is -0.469 e. The lowest BCUT2D eigenvalue weighted by Gasteiger charge is -2.62. The molecule has 0 heterocycles. The van der Waals surface area contributed by atoms with Crippen LogP contribution in [0.3, 0.4) is 0 Å². The summed E-state index contributed by atoms with van der Waals surface area (Å²) >= 11 is 0. The summed E-state index contributed by atoms with van der Waals surface area (Å²) in [6.07, 6.45) is 19.1. The fourth-order valence-electron chi connectivity index (χ4n) is 28.1. The van der Waals surface area contributed by atoms with E-state index in [-0.39, 0.29) is 11.4 Å². The first-order valence-corrected chi connectivity index (χ1v) is 24.0. The monoisotopic (exact) mass is 702 g/mol. The van der Waals surface area contributed by atoms with E-state index in [0.29, 0.717) is 17.3 Å². The molecule has 30 unspecified atom stereocenters. The van der Waals surface area contributed by atoms with Gasteiger partial charge in [0.2, 0.25) is 0 Å². The summed E-state index contributed by atoms with van der Waals surface area (Å²) in [5, 5.41) is 0. The van der Waals surface area contributed by atoms with Gasteiger partial charge in [-0.25, -0.2) is 0 Å². The first kappa shape index (κ1) is 27.9. The van der Waals surface area contributed by atoms with Crippen LogP contribution in [0.2, 0.25) is 0 Å². The topological polar surface area (TPSA) is 26.3 Å². The quantitative estimate of drug-likeness (QED) is 0.226. The number of carbonyl (C=O) groups excluding carboxylic acids is 1. The van der Waals surface area contributed by atoms with Crippen LogP contribution < -0.4 is 0 Å². The molecule has 0 saturated heterocycles. The zero-order valence-electron chi connectivity index (χ0n) is 31.6. The number of allylic oxidation sites excluding steroid dienone is 2. The molecule has 0 amide bonds. The Bertz CT molecular complexity index is 2030. The zero-order valence-corrected chi connectivity index (χ0v) is 31.6. The van der Waals surface area contributed by atoms with E-state index < -0.39 is 0 Å². The van der Waals surface area contributed by atoms with Gasteiger partial charge in [-0.1, -0.05) is 42.0 Å². The molecule has 30 atom stereocenters. The van der Waals surface area contributed by atoms with Gasteiger partial charge in [-0.15, -0.1) is 0 Å². The number of benzene rings is 1. The highest BCUT2D eigenvalue weighted by molar-refractivity contribution is 5.69. The van der Waals surface area contributed by atoms with E-state index >= 15 is 0 Å². The summed E-state index contributed by atoms with van der Waals surface area (Å²) in [5.41, 5.74) is 5.03. The van der Waals surface area contributed by atoms with E-state index in [1.165, 1.54) is 12.8 Å². The lowest BCUT2D eigenvalue weighted by Crippen LogP contribution is -2.58. The average Bonchev–Trinajstić information content (AvgIpc) is 3.86. The van der Waals surface area contributed by atoms with Gasteiger partial charge in [0.15, 0.2) is 0 Å². The molecule has 16 fully saturated rings. The Kier molecular flexibility index (Phi) is 4.19. The SMILES string of the molecule is COC(=O)CCCC1(c2ccccc2)C23C4C=C5CC6CC7CC8CC9CC%10CC%11CC(C4)C4C%12C%11C%10C%10C9C9C8C7C7C6C(C6C7C9C%10C%12C6C412)C53. The van der Waals surface area contributed by atoms with Crippen molar-refractivity contribution in [3.05, 3.63) is 47.5 Å². The van der Waals surface area contributed by atoms with Gasteiger partial charge in [-0.2, -0.15) is 0 Å². The molecule has 274 valence electrons. The third kappa shape index (κ3) is 2.23. The first-order valence-electron chi connectivity index (χ1n) is 24.0. The van der Waals surface area contributed by atoms with Crippen molar-refractivity contribution in [3.63, 3.8) is 0 Å². The number of ether oxygens (including phenoxy) is 1. The van der Waals surface area contributed by atoms with Crippen molar-refractivity contribution in [2.75, 3.05) is 7.11 Å². The Morgan fingerprint density at radius 2 is 1.11 bits per heavy atom. The molecular formula is C51H58O2. The van der Waals surface area contributed by atoms with Crippen molar-refractivity contribution in [2.24, 2.45) is 171 Å². The van der Waals surface area contributed by atoms with E-state index in [9.17, 15) is 4.79 Å². The second-order valence-corrected chi connectivity index (χ2v) is 24.7. The van der Waals surface area contributed by atoms with Crippen LogP contribution >= 0.6 is 0 Å². The molecule has 2 nitrogen and oxygen atoms in total. The molecule has 0 bridgehead atoms. The molecule has 17 aliphatic carbocycles. The molecule has 1 aromatic carbocycles. The molecule has 2 spiro atoms. The van der Waals surface area contributed by atoms with Crippen LogP contribution in [0.5, 0.6) is 0 Å². The summed E-state index contributed by atoms with van der Waals surface area (Å²) in [6, 6.07) is 12.6. The molecule has 0 N–H and O–H groups in total. The van der Waals surface area contributed by atoms with Crippen molar-refractivity contribution >= 4 is 5.97 Å². The second-order valence-electron chi connectivity index (χ2n) is 24.7. The molecule has 18 rings (SSSR count). The highest BCUT2D eigenvalue weighted by atomic mass is 16.5. The van der Waals surface area contributed by atoms with Crippen molar-refractivity contribution in [3.8, 4) is 0 Å². The van der Waals surface area contributed by atoms with Gasteiger partial charge >= 0.3 is 5.97 Å². The van der Waals surface area contributed by atoms with Crippen LogP contribution in [0.1, 0.15) is 76.2 Å². The van der Waals surface area contributed by atoms with Gasteiger partial charge in [0.05, 0.1) is 7.11 Å². The minimum atomic E-state index is 0.0373. The summed E-state index contributed by atoms with van der Waals surface area (Å²) in [6.45, 7) is 0. The van der Waals surface area contributed by atoms with Crippen molar-refractivity contribution in [2.45, 2.75) is 76.0 Å². The molecule has 0 aliphatic heterocycles. The Labute approximate surface area is 315 Å². The third-order valence-electron chi connectivity index (χ3n) is 25.9. The normalized spacial score (nSPS) is 72.8. The standard InChI is InChI=1S/C51H58O2/c1-53-29(52)8-5-9-49(27-6-3-2-4-7-27)50-28-17-25-16-24-14-20-10-19-11-22-12-21-13-23-15-26(18-28)47-42-33(23)32(21)37-34(22)36-30(19)31(20)38-35(24)43(46(25)50)45-41(38)39(36)40(37)44(42)48(45)51(47,49)50/h2-4,6-7,17,19-24,26,28,30-48H,5,8-16,18H2,1H3. The van der Waals surface area contributed by atoms with Crippen LogP contribution in [-0.2, 0) is 14.9 Å². The fourth-order valence-corrected chi connectivity index (χ4v) is 28.1. The highest BCUT2D eigenvalue weighted by Crippen LogP contribution is 3.06. The molecule has 16 saturated carbocycles. The number of carbonyl (C=O) groups is 1. The van der Waals surface area contributed by atoms with Gasteiger partial charge in [0, 0.05) is 17.3 Å². The van der Waals surface area contributed by atoms with Crippen LogP contribution in [0.25, 0.3) is 0 Å². The Hall–Kier alpha value is -1.57. The maximum atomic E-state index is 13.0. The van der Waals surface area contributed by atoms with Gasteiger partial charge < -0.3 is 4.74 Å². The molecule has 53 heavy (non-hydrogen) atoms. The Morgan fingerprint density at radius 1 is 0.585 bits per heavy atom. The van der Waals surface area contributed by atoms with Crippen molar-refractivity contribution in [1.82, 2.24) is 0 Å². The van der Waals surface area contributed by atoms with Gasteiger partial charge in [0.25, 0.3) is 0 Å². The Balaban J connectivity index is 0.983. The van der Waals surface area contributed by atoms with Gasteiger partial charge in [-0.3, -0.25) is 4.79 Å². The number of rotatable bonds is 5. The van der Waals surface area contributed by atoms with Gasteiger partial charge in [0.1, 0.15) is 0 Å². The molecular weight excluding hydrogens is 645 g/mol. The largest absolute Gasteiger partial charge is 0.469 e. The predicted octanol–water partition coefficient (Wildman–Crippen LogP) is 9.16. The van der Waals surface area contributed by atoms with Gasteiger partial charge in [-0.05, 0) is 235 Å². The molecule has 0 aromatic heterocycles. The lowest BCUT2D eigenvalue weighted by molar-refractivity contribution is -0.151. The second kappa shape index (κ2) is 7.96.